The number of hydrogen-bond acceptors (Lipinski definition) is 6. The highest BCUT2D eigenvalue weighted by atomic mass is 16.3. The second kappa shape index (κ2) is 11.3. The van der Waals surface area contributed by atoms with Crippen molar-refractivity contribution in [1.82, 2.24) is 19.3 Å². The molecule has 1 fully saturated rings. The van der Waals surface area contributed by atoms with Crippen LogP contribution in [0.25, 0.3) is 0 Å². The predicted octanol–water partition coefficient (Wildman–Crippen LogP) is 2.31. The van der Waals surface area contributed by atoms with Gasteiger partial charge in [0.2, 0.25) is 5.43 Å². The number of carbonyl (C=O) groups is 1. The Morgan fingerprint density at radius 2 is 1.86 bits per heavy atom. The van der Waals surface area contributed by atoms with E-state index in [0.717, 1.165) is 64.0 Å². The minimum absolute atomic E-state index is 0.0891. The van der Waals surface area contributed by atoms with Gasteiger partial charge < -0.3 is 19.7 Å². The molecular formula is C27H38N4O4. The molecule has 0 spiro atoms. The molecule has 8 heteroatoms. The van der Waals surface area contributed by atoms with Crippen LogP contribution < -0.4 is 5.43 Å². The summed E-state index contributed by atoms with van der Waals surface area (Å²) in [5.74, 6) is -0.312. The van der Waals surface area contributed by atoms with E-state index in [0.29, 0.717) is 31.4 Å². The molecule has 1 aliphatic heterocycles. The average Bonchev–Trinajstić information content (AvgIpc) is 2.88. The van der Waals surface area contributed by atoms with Crippen molar-refractivity contribution >= 4 is 5.91 Å². The first-order chi connectivity index (χ1) is 16.9. The molecule has 0 unspecified atom stereocenters. The van der Waals surface area contributed by atoms with E-state index in [4.69, 9.17) is 0 Å². The minimum atomic E-state index is -0.520. The summed E-state index contributed by atoms with van der Waals surface area (Å²) >= 11 is 0. The van der Waals surface area contributed by atoms with E-state index in [1.54, 1.807) is 21.7 Å². The molecule has 1 amide bonds. The molecule has 0 saturated carbocycles. The Kier molecular flexibility index (Phi) is 8.13. The summed E-state index contributed by atoms with van der Waals surface area (Å²) in [4.78, 5) is 31.7. The largest absolute Gasteiger partial charge is 0.508 e. The van der Waals surface area contributed by atoms with Crippen LogP contribution in [0.2, 0.25) is 0 Å². The summed E-state index contributed by atoms with van der Waals surface area (Å²) in [6, 6.07) is 7.65. The summed E-state index contributed by atoms with van der Waals surface area (Å²) in [5, 5.41) is 20.4. The summed E-state index contributed by atoms with van der Waals surface area (Å²) in [6.07, 6.45) is 5.63. The number of aryl methyl sites for hydroxylation is 1. The second-order valence-corrected chi connectivity index (χ2v) is 9.64. The van der Waals surface area contributed by atoms with Gasteiger partial charge in [-0.05, 0) is 56.3 Å². The van der Waals surface area contributed by atoms with E-state index in [2.05, 4.69) is 22.8 Å². The molecule has 1 aromatic heterocycles. The molecule has 0 bridgehead atoms. The Hall–Kier alpha value is -2.84. The van der Waals surface area contributed by atoms with Crippen molar-refractivity contribution in [2.45, 2.75) is 52.1 Å². The number of amides is 1. The van der Waals surface area contributed by atoms with Crippen molar-refractivity contribution in [2.75, 3.05) is 45.8 Å². The van der Waals surface area contributed by atoms with Crippen LogP contribution in [0.5, 0.6) is 11.5 Å². The van der Waals surface area contributed by atoms with Gasteiger partial charge in [-0.1, -0.05) is 19.1 Å². The molecule has 1 aliphatic carbocycles. The monoisotopic (exact) mass is 482 g/mol. The topological polar surface area (TPSA) is 89.3 Å². The Balaban J connectivity index is 1.33. The number of fused-ring (bicyclic) bond motifs is 1. The first-order valence-electron chi connectivity index (χ1n) is 12.9. The van der Waals surface area contributed by atoms with Crippen LogP contribution in [-0.2, 0) is 19.4 Å². The molecule has 1 aromatic carbocycles. The third-order valence-electron chi connectivity index (χ3n) is 7.52. The van der Waals surface area contributed by atoms with Gasteiger partial charge in [-0.2, -0.15) is 0 Å². The highest BCUT2D eigenvalue weighted by Crippen LogP contribution is 2.30. The minimum Gasteiger partial charge on any atom is -0.508 e. The number of phenolic OH excluding ortho intramolecular Hbond substituents is 1. The van der Waals surface area contributed by atoms with Crippen molar-refractivity contribution < 1.29 is 15.0 Å². The van der Waals surface area contributed by atoms with Crippen molar-refractivity contribution in [2.24, 2.45) is 0 Å². The summed E-state index contributed by atoms with van der Waals surface area (Å²) in [7, 11) is 0. The zero-order chi connectivity index (χ0) is 24.9. The lowest BCUT2D eigenvalue weighted by atomic mass is 9.87. The van der Waals surface area contributed by atoms with Crippen molar-refractivity contribution in [3.05, 3.63) is 57.5 Å². The van der Waals surface area contributed by atoms with Crippen LogP contribution in [0.1, 0.15) is 48.3 Å². The normalized spacial score (nSPS) is 18.6. The quantitative estimate of drug-likeness (QED) is 0.600. The second-order valence-electron chi connectivity index (χ2n) is 9.64. The number of carbonyl (C=O) groups excluding carboxylic acids is 1. The number of hydrogen-bond donors (Lipinski definition) is 2. The van der Waals surface area contributed by atoms with Gasteiger partial charge in [-0.25, -0.2) is 0 Å². The van der Waals surface area contributed by atoms with E-state index in [1.807, 2.05) is 13.0 Å². The number of nitrogens with zero attached hydrogens (tertiary/aromatic N) is 4. The smallest absolute Gasteiger partial charge is 0.274 e. The zero-order valence-corrected chi connectivity index (χ0v) is 20.9. The van der Waals surface area contributed by atoms with E-state index >= 15 is 0 Å². The summed E-state index contributed by atoms with van der Waals surface area (Å²) in [6.45, 7) is 10.3. The fourth-order valence-electron chi connectivity index (χ4n) is 5.49. The molecule has 2 N–H and O–H groups in total. The molecule has 1 atom stereocenters. The van der Waals surface area contributed by atoms with Crippen molar-refractivity contribution in [3.63, 3.8) is 0 Å². The predicted molar refractivity (Wildman–Crippen MR) is 136 cm³/mol. The fourth-order valence-corrected chi connectivity index (χ4v) is 5.49. The van der Waals surface area contributed by atoms with Crippen LogP contribution in [0, 0.1) is 0 Å². The highest BCUT2D eigenvalue weighted by Gasteiger charge is 2.28. The van der Waals surface area contributed by atoms with Crippen LogP contribution in [0.3, 0.4) is 0 Å². The Morgan fingerprint density at radius 3 is 2.57 bits per heavy atom. The molecule has 2 aromatic rings. The maximum absolute atomic E-state index is 13.1. The molecule has 190 valence electrons. The van der Waals surface area contributed by atoms with E-state index in [1.165, 1.54) is 11.6 Å². The van der Waals surface area contributed by atoms with Gasteiger partial charge >= 0.3 is 0 Å². The standard InChI is InChI=1S/C27H38N4O4/c1-3-11-30(21-8-9-22-20(19-21)6-5-7-23(22)32)16-13-28-14-17-31(18-15-28)27(35)25-26(34)24(33)10-12-29(25)4-2/h5-7,10,12,21,32,34H,3-4,8-9,11,13-19H2,1-2H3/t21-/m0/s1. The SMILES string of the molecule is CCCN(CCN1CCN(C(=O)c2c(O)c(=O)ccn2CC)CC1)[C@H]1CCc2c(O)cccc2C1. The molecule has 0 radical (unpaired) electrons. The number of piperazine rings is 1. The number of aromatic hydroxyl groups is 2. The van der Waals surface area contributed by atoms with Crippen LogP contribution in [-0.4, -0.2) is 87.2 Å². The van der Waals surface area contributed by atoms with Gasteiger partial charge in [0, 0.05) is 64.1 Å². The van der Waals surface area contributed by atoms with E-state index < -0.39 is 11.2 Å². The molecule has 2 heterocycles. The van der Waals surface area contributed by atoms with Gasteiger partial charge in [0.05, 0.1) is 0 Å². The Morgan fingerprint density at radius 1 is 1.09 bits per heavy atom. The average molecular weight is 483 g/mol. The molecule has 35 heavy (non-hydrogen) atoms. The lowest BCUT2D eigenvalue weighted by Gasteiger charge is -2.39. The van der Waals surface area contributed by atoms with Crippen LogP contribution in [0.4, 0.5) is 0 Å². The fraction of sp³-hybridized carbons (Fsp3) is 0.556. The molecule has 4 rings (SSSR count). The maximum Gasteiger partial charge on any atom is 0.274 e. The number of pyridine rings is 1. The van der Waals surface area contributed by atoms with Gasteiger partial charge in [-0.15, -0.1) is 0 Å². The van der Waals surface area contributed by atoms with Crippen LogP contribution >= 0.6 is 0 Å². The van der Waals surface area contributed by atoms with Gasteiger partial charge in [0.15, 0.2) is 11.4 Å². The third-order valence-corrected chi connectivity index (χ3v) is 7.52. The Labute approximate surface area is 207 Å². The first kappa shape index (κ1) is 25.3. The molecular weight excluding hydrogens is 444 g/mol. The number of phenols is 1. The summed E-state index contributed by atoms with van der Waals surface area (Å²) < 4.78 is 1.64. The van der Waals surface area contributed by atoms with Crippen molar-refractivity contribution in [3.8, 4) is 11.5 Å². The number of rotatable bonds is 8. The first-order valence-corrected chi connectivity index (χ1v) is 12.9. The number of benzene rings is 1. The van der Waals surface area contributed by atoms with E-state index in [-0.39, 0.29) is 11.6 Å². The highest BCUT2D eigenvalue weighted by molar-refractivity contribution is 5.95. The maximum atomic E-state index is 13.1. The van der Waals surface area contributed by atoms with Gasteiger partial charge in [0.1, 0.15) is 5.75 Å². The zero-order valence-electron chi connectivity index (χ0n) is 20.9. The molecule has 2 aliphatic rings. The molecule has 8 nitrogen and oxygen atoms in total. The van der Waals surface area contributed by atoms with Crippen LogP contribution in [0.15, 0.2) is 35.3 Å². The molecule has 1 saturated heterocycles. The lowest BCUT2D eigenvalue weighted by molar-refractivity contribution is 0.0594. The van der Waals surface area contributed by atoms with Gasteiger partial charge in [-0.3, -0.25) is 19.4 Å². The lowest BCUT2D eigenvalue weighted by Crippen LogP contribution is -2.51. The third kappa shape index (κ3) is 5.54. The van der Waals surface area contributed by atoms with Gasteiger partial charge in [0.25, 0.3) is 5.91 Å². The van der Waals surface area contributed by atoms with E-state index in [9.17, 15) is 19.8 Å². The number of aromatic nitrogens is 1. The Bertz CT molecular complexity index is 1090. The summed E-state index contributed by atoms with van der Waals surface area (Å²) in [5.41, 5.74) is 1.95. The van der Waals surface area contributed by atoms with Crippen molar-refractivity contribution in [1.29, 1.82) is 0 Å².